The maximum atomic E-state index is 8.36. The normalized spacial score (nSPS) is 9.68. The van der Waals surface area contributed by atoms with E-state index in [1.165, 1.54) is 0 Å². The third-order valence-electron chi connectivity index (χ3n) is 2.65. The quantitative estimate of drug-likeness (QED) is 0.711. The number of imidazole rings is 1. The van der Waals surface area contributed by atoms with Gasteiger partial charge in [0.1, 0.15) is 12.1 Å². The Balaban J connectivity index is 0.000000545. The number of aromatic amines is 1. The van der Waals surface area contributed by atoms with Gasteiger partial charge in [-0.2, -0.15) is 4.98 Å². The van der Waals surface area contributed by atoms with Gasteiger partial charge in [0.15, 0.2) is 5.82 Å². The third kappa shape index (κ3) is 3.69. The monoisotopic (exact) mass is 301 g/mol. The van der Waals surface area contributed by atoms with E-state index in [2.05, 4.69) is 20.2 Å². The van der Waals surface area contributed by atoms with Crippen LogP contribution in [0.2, 0.25) is 0 Å². The number of nitrogens with one attached hydrogen (secondary N) is 1. The highest BCUT2D eigenvalue weighted by Gasteiger charge is 2.06. The van der Waals surface area contributed by atoms with Crippen LogP contribution in [0.1, 0.15) is 6.92 Å². The topological polar surface area (TPSA) is 106 Å². The SMILES string of the molecule is CCOc1ccc(-c2nc(-n3ccnc3)n[nH]2)cc1.O=CO. The first-order chi connectivity index (χ1) is 10.8. The van der Waals surface area contributed by atoms with E-state index in [4.69, 9.17) is 14.6 Å². The highest BCUT2D eigenvalue weighted by atomic mass is 16.5. The van der Waals surface area contributed by atoms with E-state index >= 15 is 0 Å². The van der Waals surface area contributed by atoms with Gasteiger partial charge >= 0.3 is 0 Å². The van der Waals surface area contributed by atoms with Crippen LogP contribution in [0.25, 0.3) is 17.3 Å². The van der Waals surface area contributed by atoms with Crippen molar-refractivity contribution in [3.8, 4) is 23.1 Å². The van der Waals surface area contributed by atoms with Crippen molar-refractivity contribution in [3.05, 3.63) is 43.0 Å². The smallest absolute Gasteiger partial charge is 0.290 e. The second-order valence-electron chi connectivity index (χ2n) is 4.02. The zero-order valence-electron chi connectivity index (χ0n) is 11.9. The number of ether oxygens (including phenoxy) is 1. The average Bonchev–Trinajstić information content (AvgIpc) is 3.20. The highest BCUT2D eigenvalue weighted by molar-refractivity contribution is 5.56. The van der Waals surface area contributed by atoms with Gasteiger partial charge in [-0.1, -0.05) is 0 Å². The first-order valence-corrected chi connectivity index (χ1v) is 6.50. The van der Waals surface area contributed by atoms with Crippen LogP contribution in [0.5, 0.6) is 5.75 Å². The summed E-state index contributed by atoms with van der Waals surface area (Å²) >= 11 is 0. The summed E-state index contributed by atoms with van der Waals surface area (Å²) in [5, 5.41) is 13.9. The molecule has 0 fully saturated rings. The summed E-state index contributed by atoms with van der Waals surface area (Å²) in [4.78, 5) is 16.7. The van der Waals surface area contributed by atoms with Crippen LogP contribution in [-0.4, -0.2) is 42.9 Å². The molecule has 0 amide bonds. The number of H-pyrrole nitrogens is 1. The van der Waals surface area contributed by atoms with Crippen LogP contribution in [0.4, 0.5) is 0 Å². The van der Waals surface area contributed by atoms with Crippen molar-refractivity contribution in [2.24, 2.45) is 0 Å². The molecule has 1 aromatic carbocycles. The van der Waals surface area contributed by atoms with E-state index < -0.39 is 0 Å². The fraction of sp³-hybridized carbons (Fsp3) is 0.143. The molecule has 22 heavy (non-hydrogen) atoms. The van der Waals surface area contributed by atoms with Gasteiger partial charge in [0.25, 0.3) is 12.4 Å². The molecule has 0 bridgehead atoms. The number of benzene rings is 1. The highest BCUT2D eigenvalue weighted by Crippen LogP contribution is 2.19. The zero-order valence-corrected chi connectivity index (χ0v) is 11.9. The van der Waals surface area contributed by atoms with Gasteiger partial charge in [-0.25, -0.2) is 4.98 Å². The van der Waals surface area contributed by atoms with E-state index in [9.17, 15) is 0 Å². The average molecular weight is 301 g/mol. The molecule has 0 spiro atoms. The maximum Gasteiger partial charge on any atom is 0.290 e. The van der Waals surface area contributed by atoms with Crippen molar-refractivity contribution in [2.75, 3.05) is 6.61 Å². The molecule has 2 aromatic heterocycles. The number of hydrogen-bond acceptors (Lipinski definition) is 5. The van der Waals surface area contributed by atoms with Gasteiger partial charge in [-0.05, 0) is 31.2 Å². The summed E-state index contributed by atoms with van der Waals surface area (Å²) in [6.07, 6.45) is 5.14. The number of carboxylic acid groups (broad SMARTS) is 1. The Hall–Kier alpha value is -3.16. The molecule has 0 aliphatic rings. The number of aromatic nitrogens is 5. The molecule has 8 heteroatoms. The lowest BCUT2D eigenvalue weighted by molar-refractivity contribution is -0.122. The fourth-order valence-corrected chi connectivity index (χ4v) is 1.75. The van der Waals surface area contributed by atoms with Crippen molar-refractivity contribution >= 4 is 6.47 Å². The lowest BCUT2D eigenvalue weighted by Gasteiger charge is -2.02. The van der Waals surface area contributed by atoms with Crippen LogP contribution in [0, 0.1) is 0 Å². The summed E-state index contributed by atoms with van der Waals surface area (Å²) < 4.78 is 7.15. The molecule has 3 rings (SSSR count). The lowest BCUT2D eigenvalue weighted by Crippen LogP contribution is -1.92. The molecule has 0 saturated heterocycles. The van der Waals surface area contributed by atoms with Crippen LogP contribution in [-0.2, 0) is 4.79 Å². The summed E-state index contributed by atoms with van der Waals surface area (Å²) in [6.45, 7) is 2.37. The zero-order chi connectivity index (χ0) is 15.8. The van der Waals surface area contributed by atoms with Gasteiger partial charge in [0, 0.05) is 18.0 Å². The molecule has 3 aromatic rings. The molecule has 2 heterocycles. The summed E-state index contributed by atoms with van der Waals surface area (Å²) in [7, 11) is 0. The fourth-order valence-electron chi connectivity index (χ4n) is 1.75. The first kappa shape index (κ1) is 15.2. The molecular formula is C14H15N5O3. The molecule has 8 nitrogen and oxygen atoms in total. The first-order valence-electron chi connectivity index (χ1n) is 6.50. The molecule has 0 aliphatic carbocycles. The molecule has 2 N–H and O–H groups in total. The summed E-state index contributed by atoms with van der Waals surface area (Å²) in [6, 6.07) is 7.73. The van der Waals surface area contributed by atoms with Crippen molar-refractivity contribution in [3.63, 3.8) is 0 Å². The number of rotatable bonds is 4. The van der Waals surface area contributed by atoms with Crippen LogP contribution in [0.3, 0.4) is 0 Å². The molecule has 0 atom stereocenters. The molecular weight excluding hydrogens is 286 g/mol. The molecule has 0 saturated carbocycles. The van der Waals surface area contributed by atoms with E-state index in [1.54, 1.807) is 23.3 Å². The van der Waals surface area contributed by atoms with Gasteiger partial charge in [0.2, 0.25) is 0 Å². The van der Waals surface area contributed by atoms with Crippen LogP contribution >= 0.6 is 0 Å². The summed E-state index contributed by atoms with van der Waals surface area (Å²) in [5.41, 5.74) is 0.960. The third-order valence-corrected chi connectivity index (χ3v) is 2.65. The van der Waals surface area contributed by atoms with Crippen LogP contribution < -0.4 is 4.74 Å². The Morgan fingerprint density at radius 3 is 2.68 bits per heavy atom. The van der Waals surface area contributed by atoms with Crippen molar-refractivity contribution in [2.45, 2.75) is 6.92 Å². The second kappa shape index (κ2) is 7.58. The van der Waals surface area contributed by atoms with E-state index in [0.29, 0.717) is 18.4 Å². The number of carbonyl (C=O) groups is 1. The largest absolute Gasteiger partial charge is 0.494 e. The Morgan fingerprint density at radius 1 is 1.36 bits per heavy atom. The summed E-state index contributed by atoms with van der Waals surface area (Å²) in [5.74, 6) is 2.13. The van der Waals surface area contributed by atoms with Gasteiger partial charge < -0.3 is 9.84 Å². The predicted molar refractivity (Wildman–Crippen MR) is 78.8 cm³/mol. The van der Waals surface area contributed by atoms with Crippen molar-refractivity contribution in [1.29, 1.82) is 0 Å². The van der Waals surface area contributed by atoms with Crippen LogP contribution in [0.15, 0.2) is 43.0 Å². The predicted octanol–water partition coefficient (Wildman–Crippen LogP) is 1.76. The van der Waals surface area contributed by atoms with E-state index in [0.717, 1.165) is 11.3 Å². The van der Waals surface area contributed by atoms with Gasteiger partial charge in [0.05, 0.1) is 6.61 Å². The Kier molecular flexibility index (Phi) is 5.25. The molecule has 0 aliphatic heterocycles. The number of hydrogen-bond donors (Lipinski definition) is 2. The van der Waals surface area contributed by atoms with Gasteiger partial charge in [-0.3, -0.25) is 14.5 Å². The maximum absolute atomic E-state index is 8.36. The second-order valence-corrected chi connectivity index (χ2v) is 4.02. The van der Waals surface area contributed by atoms with Crippen molar-refractivity contribution in [1.82, 2.24) is 24.7 Å². The Morgan fingerprint density at radius 2 is 2.09 bits per heavy atom. The van der Waals surface area contributed by atoms with E-state index in [1.807, 2.05) is 31.2 Å². The molecule has 114 valence electrons. The van der Waals surface area contributed by atoms with Gasteiger partial charge in [-0.15, -0.1) is 5.10 Å². The van der Waals surface area contributed by atoms with Crippen molar-refractivity contribution < 1.29 is 14.6 Å². The Bertz CT molecular complexity index is 692. The van der Waals surface area contributed by atoms with E-state index in [-0.39, 0.29) is 6.47 Å². The minimum absolute atomic E-state index is 0.250. The number of nitrogens with zero attached hydrogens (tertiary/aromatic N) is 4. The molecule has 0 unspecified atom stereocenters. The standard InChI is InChI=1S/C13H13N5O.CH2O2/c1-2-19-11-5-3-10(4-6-11)12-15-13(17-16-12)18-8-7-14-9-18;2-1-3/h3-9H,2H2,1H3,(H,15,16,17);1H,(H,2,3). The molecule has 0 radical (unpaired) electrons. The Labute approximate surface area is 126 Å². The minimum atomic E-state index is -0.250. The lowest BCUT2D eigenvalue weighted by atomic mass is 10.2. The minimum Gasteiger partial charge on any atom is -0.494 e.